The molecule has 4 rings (SSSR count). The summed E-state index contributed by atoms with van der Waals surface area (Å²) in [6.07, 6.45) is 1.25. The van der Waals surface area contributed by atoms with Crippen molar-refractivity contribution in [3.8, 4) is 0 Å². The summed E-state index contributed by atoms with van der Waals surface area (Å²) < 4.78 is 0. The third-order valence-corrected chi connectivity index (χ3v) is 5.86. The molecule has 1 fully saturated rings. The van der Waals surface area contributed by atoms with Crippen molar-refractivity contribution in [1.82, 2.24) is 9.88 Å². The quantitative estimate of drug-likeness (QED) is 0.797. The monoisotopic (exact) mass is 342 g/mol. The van der Waals surface area contributed by atoms with Crippen LogP contribution in [0.5, 0.6) is 0 Å². The van der Waals surface area contributed by atoms with Gasteiger partial charge in [0.1, 0.15) is 5.69 Å². The molecule has 0 amide bonds. The van der Waals surface area contributed by atoms with E-state index < -0.39 is 17.9 Å². The summed E-state index contributed by atoms with van der Waals surface area (Å²) in [5.41, 5.74) is 3.05. The number of carbonyl (C=O) groups is 2. The van der Waals surface area contributed by atoms with Crippen molar-refractivity contribution in [2.24, 2.45) is 5.92 Å². The van der Waals surface area contributed by atoms with Crippen LogP contribution in [0, 0.1) is 5.92 Å². The molecule has 1 aromatic heterocycles. The number of hydrogen-bond donors (Lipinski definition) is 3. The van der Waals surface area contributed by atoms with Crippen LogP contribution in [0.2, 0.25) is 0 Å². The number of aliphatic carboxylic acids is 1. The van der Waals surface area contributed by atoms with Crippen molar-refractivity contribution < 1.29 is 19.8 Å². The molecule has 25 heavy (non-hydrogen) atoms. The Bertz CT molecular complexity index is 870. The zero-order valence-corrected chi connectivity index (χ0v) is 14.3. The number of rotatable bonds is 3. The number of hydrogen-bond acceptors (Lipinski definition) is 3. The molecular formula is C19H22N2O4. The van der Waals surface area contributed by atoms with Crippen LogP contribution in [0.4, 0.5) is 0 Å². The Morgan fingerprint density at radius 3 is 2.68 bits per heavy atom. The van der Waals surface area contributed by atoms with Gasteiger partial charge in [0.2, 0.25) is 0 Å². The minimum atomic E-state index is -0.939. The molecule has 0 spiro atoms. The average Bonchev–Trinajstić information content (AvgIpc) is 2.94. The Kier molecular flexibility index (Phi) is 3.61. The molecule has 1 aliphatic carbocycles. The van der Waals surface area contributed by atoms with Crippen molar-refractivity contribution >= 4 is 22.8 Å². The summed E-state index contributed by atoms with van der Waals surface area (Å²) in [5.74, 6) is -1.96. The Morgan fingerprint density at radius 1 is 1.28 bits per heavy atom. The number of nitrogens with zero attached hydrogens (tertiary/aromatic N) is 1. The van der Waals surface area contributed by atoms with Crippen LogP contribution < -0.4 is 0 Å². The topological polar surface area (TPSA) is 93.6 Å². The summed E-state index contributed by atoms with van der Waals surface area (Å²) in [5, 5.41) is 20.1. The first-order valence-electron chi connectivity index (χ1n) is 8.73. The van der Waals surface area contributed by atoms with E-state index in [1.807, 2.05) is 18.2 Å². The van der Waals surface area contributed by atoms with Gasteiger partial charge in [0.15, 0.2) is 0 Å². The van der Waals surface area contributed by atoms with E-state index in [4.69, 9.17) is 0 Å². The molecule has 1 aromatic carbocycles. The van der Waals surface area contributed by atoms with Crippen LogP contribution >= 0.6 is 0 Å². The number of piperidine rings is 1. The molecule has 1 saturated heterocycles. The third-order valence-electron chi connectivity index (χ3n) is 5.86. The molecule has 3 N–H and O–H groups in total. The smallest absolute Gasteiger partial charge is 0.352 e. The van der Waals surface area contributed by atoms with E-state index >= 15 is 0 Å². The summed E-state index contributed by atoms with van der Waals surface area (Å²) in [4.78, 5) is 28.6. The maximum atomic E-state index is 11.7. The molecule has 2 aromatic rings. The average molecular weight is 342 g/mol. The lowest BCUT2D eigenvalue weighted by molar-refractivity contribution is -0.145. The number of aromatic carboxylic acids is 1. The predicted molar refractivity (Wildman–Crippen MR) is 93.1 cm³/mol. The lowest BCUT2D eigenvalue weighted by Crippen LogP contribution is -2.54. The van der Waals surface area contributed by atoms with Gasteiger partial charge in [-0.25, -0.2) is 4.79 Å². The standard InChI is InChI=1S/C19H22N2O4/c1-9(2)21-8-10(18(22)23)6-12-11-4-3-5-14-16(11)13(7-15(12)21)17(20-14)19(24)25/h3-5,9-10,12,15,20H,6-8H2,1-2H3,(H,22,23)(H,24,25)/t10?,12-,15-/m1/s1. The molecule has 132 valence electrons. The molecule has 1 aliphatic heterocycles. The molecule has 6 nitrogen and oxygen atoms in total. The van der Waals surface area contributed by atoms with E-state index in [0.29, 0.717) is 19.4 Å². The van der Waals surface area contributed by atoms with Crippen molar-refractivity contribution in [2.45, 2.75) is 44.7 Å². The zero-order valence-electron chi connectivity index (χ0n) is 14.3. The van der Waals surface area contributed by atoms with Crippen molar-refractivity contribution in [3.05, 3.63) is 35.0 Å². The van der Waals surface area contributed by atoms with Gasteiger partial charge in [0.05, 0.1) is 5.92 Å². The van der Waals surface area contributed by atoms with E-state index in [1.165, 1.54) is 0 Å². The fourth-order valence-corrected chi connectivity index (χ4v) is 4.78. The van der Waals surface area contributed by atoms with Gasteiger partial charge in [-0.15, -0.1) is 0 Å². The van der Waals surface area contributed by atoms with Crippen LogP contribution in [-0.4, -0.2) is 50.7 Å². The van der Waals surface area contributed by atoms with E-state index in [1.54, 1.807) is 0 Å². The Hall–Kier alpha value is -2.34. The highest BCUT2D eigenvalue weighted by atomic mass is 16.4. The van der Waals surface area contributed by atoms with E-state index in [-0.39, 0.29) is 23.7 Å². The number of aromatic amines is 1. The summed E-state index contributed by atoms with van der Waals surface area (Å²) in [7, 11) is 0. The number of aromatic nitrogens is 1. The first-order valence-corrected chi connectivity index (χ1v) is 8.73. The number of H-pyrrole nitrogens is 1. The molecule has 2 aliphatic rings. The number of carboxylic acid groups (broad SMARTS) is 2. The van der Waals surface area contributed by atoms with Crippen LogP contribution in [0.1, 0.15) is 47.8 Å². The highest BCUT2D eigenvalue weighted by Gasteiger charge is 2.44. The van der Waals surface area contributed by atoms with E-state index in [9.17, 15) is 19.8 Å². The minimum absolute atomic E-state index is 0.117. The lowest BCUT2D eigenvalue weighted by atomic mass is 9.71. The maximum Gasteiger partial charge on any atom is 0.352 e. The minimum Gasteiger partial charge on any atom is -0.481 e. The van der Waals surface area contributed by atoms with Crippen molar-refractivity contribution in [1.29, 1.82) is 0 Å². The van der Waals surface area contributed by atoms with E-state index in [0.717, 1.165) is 22.0 Å². The molecule has 1 unspecified atom stereocenters. The zero-order chi connectivity index (χ0) is 17.9. The molecule has 0 bridgehead atoms. The fraction of sp³-hybridized carbons (Fsp3) is 0.474. The van der Waals surface area contributed by atoms with Gasteiger partial charge in [-0.1, -0.05) is 12.1 Å². The van der Waals surface area contributed by atoms with Crippen LogP contribution in [-0.2, 0) is 11.2 Å². The molecular weight excluding hydrogens is 320 g/mol. The van der Waals surface area contributed by atoms with E-state index in [2.05, 4.69) is 23.7 Å². The normalized spacial score (nSPS) is 26.0. The van der Waals surface area contributed by atoms with Gasteiger partial charge in [-0.3, -0.25) is 9.69 Å². The van der Waals surface area contributed by atoms with Gasteiger partial charge in [0, 0.05) is 35.4 Å². The molecule has 0 saturated carbocycles. The van der Waals surface area contributed by atoms with Crippen LogP contribution in [0.3, 0.4) is 0 Å². The second kappa shape index (κ2) is 5.59. The Balaban J connectivity index is 1.90. The van der Waals surface area contributed by atoms with Crippen LogP contribution in [0.25, 0.3) is 10.9 Å². The largest absolute Gasteiger partial charge is 0.481 e. The predicted octanol–water partition coefficient (Wildman–Crippen LogP) is 2.69. The van der Waals surface area contributed by atoms with Gasteiger partial charge in [0.25, 0.3) is 0 Å². The van der Waals surface area contributed by atoms with Crippen LogP contribution in [0.15, 0.2) is 18.2 Å². The number of likely N-dealkylation sites (tertiary alicyclic amines) is 1. The number of carboxylic acids is 2. The summed E-state index contributed by atoms with van der Waals surface area (Å²) in [6.45, 7) is 4.67. The molecule has 0 radical (unpaired) electrons. The first-order chi connectivity index (χ1) is 11.9. The fourth-order valence-electron chi connectivity index (χ4n) is 4.78. The lowest BCUT2D eigenvalue weighted by Gasteiger charge is -2.48. The Labute approximate surface area is 145 Å². The van der Waals surface area contributed by atoms with Gasteiger partial charge < -0.3 is 15.2 Å². The highest BCUT2D eigenvalue weighted by Crippen LogP contribution is 2.46. The number of nitrogens with one attached hydrogen (secondary N) is 1. The maximum absolute atomic E-state index is 11.7. The first kappa shape index (κ1) is 16.1. The van der Waals surface area contributed by atoms with Gasteiger partial charge in [-0.05, 0) is 43.9 Å². The molecule has 3 atom stereocenters. The number of benzene rings is 1. The van der Waals surface area contributed by atoms with Gasteiger partial charge >= 0.3 is 11.9 Å². The second-order valence-corrected chi connectivity index (χ2v) is 7.49. The molecule has 6 heteroatoms. The summed E-state index contributed by atoms with van der Waals surface area (Å²) in [6, 6.07) is 6.21. The van der Waals surface area contributed by atoms with Gasteiger partial charge in [-0.2, -0.15) is 0 Å². The Morgan fingerprint density at radius 2 is 2.04 bits per heavy atom. The third kappa shape index (κ3) is 2.35. The highest BCUT2D eigenvalue weighted by molar-refractivity contribution is 5.99. The van der Waals surface area contributed by atoms with Crippen molar-refractivity contribution in [3.63, 3.8) is 0 Å². The van der Waals surface area contributed by atoms with Crippen molar-refractivity contribution in [2.75, 3.05) is 6.54 Å². The molecule has 2 heterocycles. The number of fused-ring (bicyclic) bond motifs is 2. The SMILES string of the molecule is CC(C)N1CC(C(=O)O)C[C@@H]2c3cccc4[nH]c(C(=O)O)c(c34)C[C@H]21. The summed E-state index contributed by atoms with van der Waals surface area (Å²) >= 11 is 0. The second-order valence-electron chi connectivity index (χ2n) is 7.49.